The molecule has 0 aliphatic rings. The van der Waals surface area contributed by atoms with Crippen molar-refractivity contribution in [1.29, 1.82) is 0 Å². The molecule has 100 valence electrons. The zero-order valence-electron chi connectivity index (χ0n) is 10.3. The molecule has 0 bridgehead atoms. The van der Waals surface area contributed by atoms with Crippen LogP contribution in [-0.2, 0) is 0 Å². The van der Waals surface area contributed by atoms with Crippen molar-refractivity contribution >= 4 is 11.7 Å². The minimum Gasteiger partial charge on any atom is -0.491 e. The minimum absolute atomic E-state index is 0.155. The summed E-state index contributed by atoms with van der Waals surface area (Å²) >= 11 is 0. The molecule has 0 spiro atoms. The number of nitrogen functional groups attached to an aromatic ring is 1. The standard InChI is InChI=1S/C13H19NO4/c14-11-9-10(13(16)17)5-6-12(11)18-8-4-2-1-3-7-15/h5-6,9,15H,1-4,7-8,14H2,(H,16,17). The van der Waals surface area contributed by atoms with Gasteiger partial charge >= 0.3 is 5.97 Å². The van der Waals surface area contributed by atoms with Gasteiger partial charge in [0.25, 0.3) is 0 Å². The fourth-order valence-corrected chi connectivity index (χ4v) is 1.56. The third-order valence-corrected chi connectivity index (χ3v) is 2.57. The number of anilines is 1. The lowest BCUT2D eigenvalue weighted by atomic mass is 10.2. The highest BCUT2D eigenvalue weighted by molar-refractivity contribution is 5.89. The van der Waals surface area contributed by atoms with Crippen molar-refractivity contribution in [1.82, 2.24) is 0 Å². The number of hydrogen-bond donors (Lipinski definition) is 3. The van der Waals surface area contributed by atoms with Gasteiger partial charge in [0.15, 0.2) is 0 Å². The molecule has 0 radical (unpaired) electrons. The molecule has 1 aromatic carbocycles. The minimum atomic E-state index is -1.00. The number of benzene rings is 1. The van der Waals surface area contributed by atoms with E-state index in [4.69, 9.17) is 20.7 Å². The van der Waals surface area contributed by atoms with E-state index in [1.807, 2.05) is 0 Å². The second-order valence-electron chi connectivity index (χ2n) is 4.04. The smallest absolute Gasteiger partial charge is 0.335 e. The summed E-state index contributed by atoms with van der Waals surface area (Å²) in [5, 5.41) is 17.4. The number of carboxylic acids is 1. The second-order valence-corrected chi connectivity index (χ2v) is 4.04. The van der Waals surface area contributed by atoms with Crippen LogP contribution >= 0.6 is 0 Å². The molecule has 5 heteroatoms. The van der Waals surface area contributed by atoms with E-state index in [0.717, 1.165) is 25.7 Å². The molecular formula is C13H19NO4. The molecule has 0 saturated heterocycles. The van der Waals surface area contributed by atoms with Crippen molar-refractivity contribution < 1.29 is 19.7 Å². The van der Waals surface area contributed by atoms with E-state index < -0.39 is 5.97 Å². The Kier molecular flexibility index (Phi) is 6.00. The van der Waals surface area contributed by atoms with E-state index in [0.29, 0.717) is 18.0 Å². The lowest BCUT2D eigenvalue weighted by Gasteiger charge is -2.09. The number of aliphatic hydroxyl groups is 1. The average Bonchev–Trinajstić information content (AvgIpc) is 2.35. The first-order chi connectivity index (χ1) is 8.65. The second kappa shape index (κ2) is 7.55. The molecule has 0 amide bonds. The molecule has 5 nitrogen and oxygen atoms in total. The monoisotopic (exact) mass is 253 g/mol. The first-order valence-electron chi connectivity index (χ1n) is 6.01. The van der Waals surface area contributed by atoms with Crippen molar-refractivity contribution in [2.24, 2.45) is 0 Å². The van der Waals surface area contributed by atoms with Crippen LogP contribution in [0.4, 0.5) is 5.69 Å². The van der Waals surface area contributed by atoms with E-state index in [1.54, 1.807) is 6.07 Å². The Morgan fingerprint density at radius 2 is 1.94 bits per heavy atom. The maximum Gasteiger partial charge on any atom is 0.335 e. The molecule has 0 fully saturated rings. The van der Waals surface area contributed by atoms with Crippen molar-refractivity contribution in [3.05, 3.63) is 23.8 Å². The van der Waals surface area contributed by atoms with E-state index >= 15 is 0 Å². The van der Waals surface area contributed by atoms with Crippen LogP contribution in [0.15, 0.2) is 18.2 Å². The third kappa shape index (κ3) is 4.63. The molecule has 0 aliphatic carbocycles. The number of carboxylic acid groups (broad SMARTS) is 1. The van der Waals surface area contributed by atoms with Crippen LogP contribution in [0.5, 0.6) is 5.75 Å². The predicted octanol–water partition coefficient (Wildman–Crippen LogP) is 1.90. The van der Waals surface area contributed by atoms with Gasteiger partial charge in [-0.3, -0.25) is 0 Å². The van der Waals surface area contributed by atoms with Crippen LogP contribution in [0.3, 0.4) is 0 Å². The van der Waals surface area contributed by atoms with Crippen LogP contribution < -0.4 is 10.5 Å². The Morgan fingerprint density at radius 3 is 2.56 bits per heavy atom. The topological polar surface area (TPSA) is 92.8 Å². The molecular weight excluding hydrogens is 234 g/mol. The van der Waals surface area contributed by atoms with Gasteiger partial charge in [0.05, 0.1) is 17.9 Å². The van der Waals surface area contributed by atoms with Gasteiger partial charge in [0, 0.05) is 6.61 Å². The highest BCUT2D eigenvalue weighted by Crippen LogP contribution is 2.22. The molecule has 0 aromatic heterocycles. The van der Waals surface area contributed by atoms with Crippen LogP contribution in [0.1, 0.15) is 36.0 Å². The Morgan fingerprint density at radius 1 is 1.22 bits per heavy atom. The summed E-state index contributed by atoms with van der Waals surface area (Å²) in [4.78, 5) is 10.7. The van der Waals surface area contributed by atoms with Crippen molar-refractivity contribution in [3.8, 4) is 5.75 Å². The molecule has 0 saturated carbocycles. The summed E-state index contributed by atoms with van der Waals surface area (Å²) in [5.41, 5.74) is 6.19. The van der Waals surface area contributed by atoms with Gasteiger partial charge in [-0.05, 0) is 37.5 Å². The zero-order chi connectivity index (χ0) is 13.4. The number of unbranched alkanes of at least 4 members (excludes halogenated alkanes) is 3. The van der Waals surface area contributed by atoms with Gasteiger partial charge in [-0.15, -0.1) is 0 Å². The highest BCUT2D eigenvalue weighted by Gasteiger charge is 2.06. The van der Waals surface area contributed by atoms with Crippen molar-refractivity contribution in [2.45, 2.75) is 25.7 Å². The van der Waals surface area contributed by atoms with Gasteiger partial charge in [0.1, 0.15) is 5.75 Å². The third-order valence-electron chi connectivity index (χ3n) is 2.57. The van der Waals surface area contributed by atoms with Crippen molar-refractivity contribution in [3.63, 3.8) is 0 Å². The molecule has 0 aliphatic heterocycles. The fourth-order valence-electron chi connectivity index (χ4n) is 1.56. The largest absolute Gasteiger partial charge is 0.491 e. The number of nitrogens with two attached hydrogens (primary N) is 1. The van der Waals surface area contributed by atoms with Crippen LogP contribution in [0, 0.1) is 0 Å². The quantitative estimate of drug-likeness (QED) is 0.486. The highest BCUT2D eigenvalue weighted by atomic mass is 16.5. The van der Waals surface area contributed by atoms with E-state index in [-0.39, 0.29) is 12.2 Å². The summed E-state index contributed by atoms with van der Waals surface area (Å²) < 4.78 is 5.47. The summed E-state index contributed by atoms with van der Waals surface area (Å²) in [6, 6.07) is 4.44. The Balaban J connectivity index is 2.36. The molecule has 1 rings (SSSR count). The molecule has 0 unspecified atom stereocenters. The van der Waals surface area contributed by atoms with Gasteiger partial charge in [0.2, 0.25) is 0 Å². The molecule has 1 aromatic rings. The summed E-state index contributed by atoms with van der Waals surface area (Å²) in [6.07, 6.45) is 3.68. The van der Waals surface area contributed by atoms with Crippen LogP contribution in [-0.4, -0.2) is 29.4 Å². The maximum absolute atomic E-state index is 10.7. The molecule has 0 heterocycles. The lowest BCUT2D eigenvalue weighted by Crippen LogP contribution is -2.03. The number of ether oxygens (including phenoxy) is 1. The number of carbonyl (C=O) groups is 1. The lowest BCUT2D eigenvalue weighted by molar-refractivity contribution is 0.0697. The van der Waals surface area contributed by atoms with Gasteiger partial charge in [-0.2, -0.15) is 0 Å². The zero-order valence-corrected chi connectivity index (χ0v) is 10.3. The van der Waals surface area contributed by atoms with Gasteiger partial charge in [-0.25, -0.2) is 4.79 Å². The van der Waals surface area contributed by atoms with E-state index in [1.165, 1.54) is 12.1 Å². The molecule has 0 atom stereocenters. The Hall–Kier alpha value is -1.75. The van der Waals surface area contributed by atoms with Crippen LogP contribution in [0.2, 0.25) is 0 Å². The number of aliphatic hydroxyl groups excluding tert-OH is 1. The molecule has 18 heavy (non-hydrogen) atoms. The number of hydrogen-bond acceptors (Lipinski definition) is 4. The average molecular weight is 253 g/mol. The van der Waals surface area contributed by atoms with Crippen LogP contribution in [0.25, 0.3) is 0 Å². The summed E-state index contributed by atoms with van der Waals surface area (Å²) in [7, 11) is 0. The van der Waals surface area contributed by atoms with E-state index in [9.17, 15) is 4.79 Å². The molecule has 4 N–H and O–H groups in total. The van der Waals surface area contributed by atoms with Crippen molar-refractivity contribution in [2.75, 3.05) is 18.9 Å². The first-order valence-corrected chi connectivity index (χ1v) is 6.01. The fraction of sp³-hybridized carbons (Fsp3) is 0.462. The summed E-state index contributed by atoms with van der Waals surface area (Å²) in [6.45, 7) is 0.770. The van der Waals surface area contributed by atoms with E-state index in [2.05, 4.69) is 0 Å². The number of aromatic carboxylic acids is 1. The SMILES string of the molecule is Nc1cc(C(=O)O)ccc1OCCCCCCO. The Bertz CT molecular complexity index is 393. The van der Waals surface area contributed by atoms with Gasteiger partial charge in [-0.1, -0.05) is 6.42 Å². The maximum atomic E-state index is 10.7. The predicted molar refractivity (Wildman–Crippen MR) is 68.9 cm³/mol. The summed E-state index contributed by atoms with van der Waals surface area (Å²) in [5.74, 6) is -0.487. The first kappa shape index (κ1) is 14.3. The Labute approximate surface area is 106 Å². The number of rotatable bonds is 8. The van der Waals surface area contributed by atoms with Gasteiger partial charge < -0.3 is 20.7 Å². The normalized spacial score (nSPS) is 10.3.